The molecule has 3 rings (SSSR count). The van der Waals surface area contributed by atoms with Crippen molar-refractivity contribution in [2.45, 2.75) is 31.4 Å². The van der Waals surface area contributed by atoms with Crippen molar-refractivity contribution in [3.8, 4) is 0 Å². The molecule has 0 aliphatic carbocycles. The van der Waals surface area contributed by atoms with Crippen molar-refractivity contribution < 1.29 is 9.15 Å². The van der Waals surface area contributed by atoms with E-state index < -0.39 is 0 Å². The number of ether oxygens (including phenoxy) is 1. The van der Waals surface area contributed by atoms with Crippen LogP contribution >= 0.6 is 0 Å². The van der Waals surface area contributed by atoms with Crippen molar-refractivity contribution in [2.24, 2.45) is 5.84 Å². The Balaban J connectivity index is 2.00. The molecular weight excluding hydrogens is 228 g/mol. The SMILES string of the molecule is CC1(C(NN)c2cc3ccccc3o2)CCCO1. The van der Waals surface area contributed by atoms with Crippen molar-refractivity contribution in [3.63, 3.8) is 0 Å². The van der Waals surface area contributed by atoms with Gasteiger partial charge in [-0.1, -0.05) is 18.2 Å². The molecule has 1 aliphatic rings. The third kappa shape index (κ3) is 1.82. The molecule has 1 saturated heterocycles. The first-order chi connectivity index (χ1) is 8.73. The zero-order valence-corrected chi connectivity index (χ0v) is 10.5. The Morgan fingerprint density at radius 1 is 1.39 bits per heavy atom. The molecule has 4 nitrogen and oxygen atoms in total. The number of hydrogen-bond acceptors (Lipinski definition) is 4. The molecule has 18 heavy (non-hydrogen) atoms. The molecule has 1 aromatic carbocycles. The Morgan fingerprint density at radius 2 is 2.22 bits per heavy atom. The zero-order chi connectivity index (χ0) is 12.6. The van der Waals surface area contributed by atoms with Crippen molar-refractivity contribution in [1.29, 1.82) is 0 Å². The van der Waals surface area contributed by atoms with Gasteiger partial charge >= 0.3 is 0 Å². The molecule has 1 fully saturated rings. The summed E-state index contributed by atoms with van der Waals surface area (Å²) in [6.07, 6.45) is 2.05. The number of nitrogens with one attached hydrogen (secondary N) is 1. The summed E-state index contributed by atoms with van der Waals surface area (Å²) in [5.74, 6) is 6.54. The highest BCUT2D eigenvalue weighted by atomic mass is 16.5. The minimum Gasteiger partial charge on any atom is -0.459 e. The lowest BCUT2D eigenvalue weighted by Gasteiger charge is -2.31. The van der Waals surface area contributed by atoms with Crippen LogP contribution in [0.2, 0.25) is 0 Å². The summed E-state index contributed by atoms with van der Waals surface area (Å²) in [5.41, 5.74) is 3.44. The van der Waals surface area contributed by atoms with Gasteiger partial charge in [0.1, 0.15) is 17.4 Å². The van der Waals surface area contributed by atoms with Gasteiger partial charge in [-0.15, -0.1) is 0 Å². The molecule has 2 unspecified atom stereocenters. The van der Waals surface area contributed by atoms with Gasteiger partial charge in [0.05, 0.1) is 5.60 Å². The zero-order valence-electron chi connectivity index (χ0n) is 10.5. The maximum atomic E-state index is 5.88. The number of para-hydroxylation sites is 1. The van der Waals surface area contributed by atoms with E-state index in [1.165, 1.54) is 0 Å². The standard InChI is InChI=1S/C14H18N2O2/c1-14(7-4-8-17-14)13(16-15)12-9-10-5-2-3-6-11(10)18-12/h2-3,5-6,9,13,16H,4,7-8,15H2,1H3. The highest BCUT2D eigenvalue weighted by molar-refractivity contribution is 5.77. The van der Waals surface area contributed by atoms with E-state index in [2.05, 4.69) is 12.3 Å². The number of fused-ring (bicyclic) bond motifs is 1. The highest BCUT2D eigenvalue weighted by Crippen LogP contribution is 2.38. The average Bonchev–Trinajstić information content (AvgIpc) is 2.96. The van der Waals surface area contributed by atoms with Gasteiger partial charge in [0.25, 0.3) is 0 Å². The predicted octanol–water partition coefficient (Wildman–Crippen LogP) is 2.51. The van der Waals surface area contributed by atoms with Crippen molar-refractivity contribution >= 4 is 11.0 Å². The molecule has 1 aliphatic heterocycles. The fraction of sp³-hybridized carbons (Fsp3) is 0.429. The van der Waals surface area contributed by atoms with E-state index in [4.69, 9.17) is 15.0 Å². The second-order valence-electron chi connectivity index (χ2n) is 5.05. The normalized spacial score (nSPS) is 25.7. The minimum absolute atomic E-state index is 0.118. The quantitative estimate of drug-likeness (QED) is 0.645. The van der Waals surface area contributed by atoms with Crippen LogP contribution in [0.15, 0.2) is 34.7 Å². The molecule has 3 N–H and O–H groups in total. The first-order valence-electron chi connectivity index (χ1n) is 6.31. The fourth-order valence-corrected chi connectivity index (χ4v) is 2.73. The van der Waals surface area contributed by atoms with Gasteiger partial charge < -0.3 is 9.15 Å². The van der Waals surface area contributed by atoms with Crippen LogP contribution in [0.25, 0.3) is 11.0 Å². The molecule has 0 saturated carbocycles. The Hall–Kier alpha value is -1.36. The summed E-state index contributed by atoms with van der Waals surface area (Å²) in [4.78, 5) is 0. The van der Waals surface area contributed by atoms with Gasteiger partial charge in [-0.25, -0.2) is 5.43 Å². The largest absolute Gasteiger partial charge is 0.459 e. The maximum absolute atomic E-state index is 5.88. The molecule has 0 spiro atoms. The lowest BCUT2D eigenvalue weighted by Crippen LogP contribution is -2.44. The number of rotatable bonds is 3. The maximum Gasteiger partial charge on any atom is 0.134 e. The fourth-order valence-electron chi connectivity index (χ4n) is 2.73. The second kappa shape index (κ2) is 4.39. The smallest absolute Gasteiger partial charge is 0.134 e. The third-order valence-corrected chi connectivity index (χ3v) is 3.76. The Labute approximate surface area is 106 Å². The molecule has 96 valence electrons. The van der Waals surface area contributed by atoms with Gasteiger partial charge in [0.15, 0.2) is 0 Å². The number of nitrogens with two attached hydrogens (primary N) is 1. The van der Waals surface area contributed by atoms with Crippen LogP contribution < -0.4 is 11.3 Å². The van der Waals surface area contributed by atoms with Crippen LogP contribution in [0, 0.1) is 0 Å². The Kier molecular flexibility index (Phi) is 2.86. The van der Waals surface area contributed by atoms with E-state index in [0.717, 1.165) is 36.2 Å². The van der Waals surface area contributed by atoms with E-state index in [9.17, 15) is 0 Å². The summed E-state index contributed by atoms with van der Waals surface area (Å²) in [6, 6.07) is 9.88. The Bertz CT molecular complexity index is 510. The third-order valence-electron chi connectivity index (χ3n) is 3.76. The molecule has 4 heteroatoms. The van der Waals surface area contributed by atoms with Gasteiger partial charge in [0, 0.05) is 12.0 Å². The minimum atomic E-state index is -0.289. The van der Waals surface area contributed by atoms with Crippen LogP contribution in [-0.4, -0.2) is 12.2 Å². The summed E-state index contributed by atoms with van der Waals surface area (Å²) < 4.78 is 11.7. The van der Waals surface area contributed by atoms with E-state index >= 15 is 0 Å². The van der Waals surface area contributed by atoms with Crippen molar-refractivity contribution in [1.82, 2.24) is 5.43 Å². The number of hydrogen-bond donors (Lipinski definition) is 2. The summed E-state index contributed by atoms with van der Waals surface area (Å²) >= 11 is 0. The van der Waals surface area contributed by atoms with Crippen molar-refractivity contribution in [3.05, 3.63) is 36.1 Å². The number of furan rings is 1. The molecule has 1 aromatic heterocycles. The van der Waals surface area contributed by atoms with Crippen LogP contribution in [0.1, 0.15) is 31.6 Å². The van der Waals surface area contributed by atoms with Crippen LogP contribution in [0.4, 0.5) is 0 Å². The summed E-state index contributed by atoms with van der Waals surface area (Å²) in [7, 11) is 0. The molecule has 2 aromatic rings. The lowest BCUT2D eigenvalue weighted by atomic mass is 9.91. The van der Waals surface area contributed by atoms with Crippen LogP contribution in [0.3, 0.4) is 0 Å². The molecule has 2 heterocycles. The summed E-state index contributed by atoms with van der Waals surface area (Å²) in [6.45, 7) is 2.87. The van der Waals surface area contributed by atoms with Gasteiger partial charge in [-0.05, 0) is 31.9 Å². The molecule has 0 radical (unpaired) electrons. The predicted molar refractivity (Wildman–Crippen MR) is 69.9 cm³/mol. The van der Waals surface area contributed by atoms with Crippen LogP contribution in [-0.2, 0) is 4.74 Å². The molecule has 0 amide bonds. The first-order valence-corrected chi connectivity index (χ1v) is 6.31. The van der Waals surface area contributed by atoms with Gasteiger partial charge in [-0.2, -0.15) is 0 Å². The van der Waals surface area contributed by atoms with E-state index in [-0.39, 0.29) is 11.6 Å². The Morgan fingerprint density at radius 3 is 2.89 bits per heavy atom. The van der Waals surface area contributed by atoms with E-state index in [1.807, 2.05) is 30.3 Å². The van der Waals surface area contributed by atoms with Crippen molar-refractivity contribution in [2.75, 3.05) is 6.61 Å². The van der Waals surface area contributed by atoms with E-state index in [1.54, 1.807) is 0 Å². The molecular formula is C14H18N2O2. The number of hydrazine groups is 1. The summed E-state index contributed by atoms with van der Waals surface area (Å²) in [5, 5.41) is 1.09. The van der Waals surface area contributed by atoms with Crippen LogP contribution in [0.5, 0.6) is 0 Å². The van der Waals surface area contributed by atoms with Gasteiger partial charge in [-0.3, -0.25) is 5.84 Å². The number of benzene rings is 1. The van der Waals surface area contributed by atoms with Gasteiger partial charge in [0.2, 0.25) is 0 Å². The molecule has 0 bridgehead atoms. The monoisotopic (exact) mass is 246 g/mol. The topological polar surface area (TPSA) is 60.4 Å². The van der Waals surface area contributed by atoms with E-state index in [0.29, 0.717) is 0 Å². The molecule has 2 atom stereocenters. The highest BCUT2D eigenvalue weighted by Gasteiger charge is 2.40. The second-order valence-corrected chi connectivity index (χ2v) is 5.05. The average molecular weight is 246 g/mol. The first kappa shape index (κ1) is 11.7. The lowest BCUT2D eigenvalue weighted by molar-refractivity contribution is -0.0177.